The molecule has 4 atom stereocenters. The molecule has 0 amide bonds. The van der Waals surface area contributed by atoms with Gasteiger partial charge in [-0.1, -0.05) is 255 Å². The molecule has 490 valence electrons. The highest BCUT2D eigenvalue weighted by atomic mass is 16.6. The lowest BCUT2D eigenvalue weighted by Gasteiger charge is -2.39. The molecule has 14 rings (SSSR count). The molecule has 0 spiro atoms. The summed E-state index contributed by atoms with van der Waals surface area (Å²) in [5.74, 6) is 3.17. The zero-order valence-electron chi connectivity index (χ0n) is 54.1. The van der Waals surface area contributed by atoms with Crippen molar-refractivity contribution < 1.29 is 57.6 Å². The molecule has 12 heteroatoms. The van der Waals surface area contributed by atoms with Gasteiger partial charge in [-0.15, -0.1) is 0 Å². The second kappa shape index (κ2) is 31.0. The highest BCUT2D eigenvalue weighted by molar-refractivity contribution is 5.90. The summed E-state index contributed by atoms with van der Waals surface area (Å²) in [6.45, 7) is 1.83. The Labute approximate surface area is 571 Å². The number of hydrogen-bond donors (Lipinski definition) is 2. The zero-order valence-corrected chi connectivity index (χ0v) is 54.1. The molecular formula is C86H74O12. The predicted molar refractivity (Wildman–Crippen MR) is 377 cm³/mol. The Balaban J connectivity index is 1.01. The van der Waals surface area contributed by atoms with Crippen LogP contribution in [0.15, 0.2) is 291 Å². The van der Waals surface area contributed by atoms with E-state index in [1.807, 2.05) is 261 Å². The van der Waals surface area contributed by atoms with Crippen LogP contribution < -0.4 is 37.9 Å². The predicted octanol–water partition coefficient (Wildman–Crippen LogP) is 18.8. The smallest absolute Gasteiger partial charge is 0.162 e. The first kappa shape index (κ1) is 63.9. The number of phenolic OH excluding ortho intramolecular Hbond substituents is 2. The largest absolute Gasteiger partial charge is 0.504 e. The van der Waals surface area contributed by atoms with Crippen molar-refractivity contribution in [2.75, 3.05) is 0 Å². The van der Waals surface area contributed by atoms with Crippen molar-refractivity contribution in [3.8, 4) is 68.6 Å². The Hall–Kier alpha value is -11.4. The van der Waals surface area contributed by atoms with E-state index in [1.54, 1.807) is 6.07 Å². The lowest BCUT2D eigenvalue weighted by molar-refractivity contribution is -0.0474. The monoisotopic (exact) mass is 1300 g/mol. The molecule has 0 aliphatic carbocycles. The molecule has 0 aromatic heterocycles. The van der Waals surface area contributed by atoms with Crippen molar-refractivity contribution in [1.29, 1.82) is 0 Å². The van der Waals surface area contributed by atoms with Gasteiger partial charge in [0.1, 0.15) is 86.3 Å². The minimum absolute atomic E-state index is 0.146. The number of benzene rings is 12. The van der Waals surface area contributed by atoms with Gasteiger partial charge in [0.15, 0.2) is 35.2 Å². The van der Waals surface area contributed by atoms with Gasteiger partial charge >= 0.3 is 0 Å². The van der Waals surface area contributed by atoms with Crippen LogP contribution in [-0.4, -0.2) is 22.4 Å². The fourth-order valence-corrected chi connectivity index (χ4v) is 12.4. The van der Waals surface area contributed by atoms with E-state index in [1.165, 1.54) is 12.1 Å². The quantitative estimate of drug-likeness (QED) is 0.0475. The summed E-state index contributed by atoms with van der Waals surface area (Å²) in [4.78, 5) is 0. The Kier molecular flexibility index (Phi) is 20.2. The highest BCUT2D eigenvalue weighted by Gasteiger charge is 2.43. The van der Waals surface area contributed by atoms with Gasteiger partial charge in [-0.2, -0.15) is 0 Å². The van der Waals surface area contributed by atoms with Crippen LogP contribution >= 0.6 is 0 Å². The van der Waals surface area contributed by atoms with Gasteiger partial charge in [0.2, 0.25) is 0 Å². The zero-order chi connectivity index (χ0) is 66.2. The van der Waals surface area contributed by atoms with Crippen molar-refractivity contribution >= 4 is 0 Å². The van der Waals surface area contributed by atoms with Crippen LogP contribution in [-0.2, 0) is 75.2 Å². The third-order valence-electron chi connectivity index (χ3n) is 17.5. The number of ether oxygens (including phenoxy) is 10. The minimum atomic E-state index is -0.887. The van der Waals surface area contributed by atoms with Gasteiger partial charge < -0.3 is 57.6 Å². The van der Waals surface area contributed by atoms with Gasteiger partial charge in [0.25, 0.3) is 0 Å². The molecule has 4 unspecified atom stereocenters. The highest BCUT2D eigenvalue weighted by Crippen LogP contribution is 2.60. The molecule has 2 aliphatic rings. The molecule has 12 aromatic rings. The summed E-state index contributed by atoms with van der Waals surface area (Å²) in [5, 5.41) is 22.2. The summed E-state index contributed by atoms with van der Waals surface area (Å²) in [7, 11) is 0. The first-order valence-corrected chi connectivity index (χ1v) is 33.1. The van der Waals surface area contributed by atoms with E-state index in [-0.39, 0.29) is 64.2 Å². The van der Waals surface area contributed by atoms with E-state index in [0.717, 1.165) is 50.1 Å². The normalized spacial score (nSPS) is 15.3. The van der Waals surface area contributed by atoms with Gasteiger partial charge in [-0.3, -0.25) is 0 Å². The summed E-state index contributed by atoms with van der Waals surface area (Å²) in [6, 6.07) is 95.0. The average Bonchev–Trinajstić information content (AvgIpc) is 0.727. The molecule has 2 N–H and O–H groups in total. The third kappa shape index (κ3) is 15.6. The van der Waals surface area contributed by atoms with E-state index in [2.05, 4.69) is 12.1 Å². The number of fused-ring (bicyclic) bond motifs is 2. The molecule has 2 heterocycles. The third-order valence-corrected chi connectivity index (χ3v) is 17.5. The van der Waals surface area contributed by atoms with E-state index in [9.17, 15) is 10.2 Å². The van der Waals surface area contributed by atoms with Crippen molar-refractivity contribution in [2.45, 2.75) is 90.1 Å². The molecular weight excluding hydrogens is 1220 g/mol. The lowest BCUT2D eigenvalue weighted by Crippen LogP contribution is -2.34. The van der Waals surface area contributed by atoms with Crippen LogP contribution in [0.3, 0.4) is 0 Å². The standard InChI is InChI=1S/C86H74O12/c87-71-43-41-67(45-72(71)88)83-79(95-57-65-37-21-7-22-38-65)47-69-74(90-52-60-27-11-2-12-28-60)49-77(93-55-63-33-17-5-18-34-63)81(85(69)97-83)82-78(94-56-64-35-19-6-20-36-64)50-75(91-53-61-29-13-3-14-30-61)70-48-80(96-58-66-39-23-8-24-40-66)84(98-86(70)82)68-42-44-73(89-51-59-25-9-1-10-26-59)76(46-68)92-54-62-31-15-4-16-32-62/h1-46,49-50,79-80,83-84,87-88H,47-48,51-58H2. The van der Waals surface area contributed by atoms with Crippen molar-refractivity contribution in [2.24, 2.45) is 0 Å². The van der Waals surface area contributed by atoms with Gasteiger partial charge in [-0.05, 0) is 79.9 Å². The first-order valence-electron chi connectivity index (χ1n) is 33.1. The minimum Gasteiger partial charge on any atom is -0.504 e. The molecule has 12 aromatic carbocycles. The molecule has 2 aliphatic heterocycles. The maximum atomic E-state index is 11.3. The van der Waals surface area contributed by atoms with E-state index in [4.69, 9.17) is 47.4 Å². The van der Waals surface area contributed by atoms with Crippen LogP contribution in [0, 0.1) is 0 Å². The number of phenols is 2. The van der Waals surface area contributed by atoms with Crippen molar-refractivity contribution in [3.05, 3.63) is 358 Å². The molecule has 0 fully saturated rings. The lowest BCUT2D eigenvalue weighted by atomic mass is 9.86. The second-order valence-corrected chi connectivity index (χ2v) is 24.4. The molecule has 0 saturated carbocycles. The maximum Gasteiger partial charge on any atom is 0.162 e. The van der Waals surface area contributed by atoms with Gasteiger partial charge in [0.05, 0.1) is 24.3 Å². The van der Waals surface area contributed by atoms with Crippen LogP contribution in [0.2, 0.25) is 0 Å². The fourth-order valence-electron chi connectivity index (χ4n) is 12.4. The Morgan fingerprint density at radius 3 is 0.888 bits per heavy atom. The molecule has 98 heavy (non-hydrogen) atoms. The summed E-state index contributed by atoms with van der Waals surface area (Å²) in [6.07, 6.45) is -2.46. The molecule has 12 nitrogen and oxygen atoms in total. The first-order chi connectivity index (χ1) is 48.4. The van der Waals surface area contributed by atoms with Crippen molar-refractivity contribution in [1.82, 2.24) is 0 Å². The van der Waals surface area contributed by atoms with E-state index in [0.29, 0.717) is 86.8 Å². The second-order valence-electron chi connectivity index (χ2n) is 24.4. The van der Waals surface area contributed by atoms with Crippen molar-refractivity contribution in [3.63, 3.8) is 0 Å². The van der Waals surface area contributed by atoms with E-state index < -0.39 is 24.4 Å². The SMILES string of the molecule is Oc1ccc(C2Oc3c(c(OCc4ccccc4)cc(OCc4ccccc4)c3-c3c(OCc4ccccc4)cc(OCc4ccccc4)c4c3OC(c3ccc(OCc5ccccc5)c(OCc5ccccc5)c3)C(OCc3ccccc3)C4)CC2OCc2ccccc2)cc1O. The average molecular weight is 1300 g/mol. The molecule has 0 saturated heterocycles. The topological polar surface area (TPSA) is 133 Å². The maximum absolute atomic E-state index is 11.3. The summed E-state index contributed by atoms with van der Waals surface area (Å²) >= 11 is 0. The Morgan fingerprint density at radius 2 is 0.551 bits per heavy atom. The van der Waals surface area contributed by atoms with Gasteiger partial charge in [-0.25, -0.2) is 0 Å². The molecule has 0 bridgehead atoms. The number of aromatic hydroxyl groups is 2. The summed E-state index contributed by atoms with van der Waals surface area (Å²) in [5.41, 5.74) is 11.4. The van der Waals surface area contributed by atoms with Crippen LogP contribution in [0.25, 0.3) is 11.1 Å². The van der Waals surface area contributed by atoms with E-state index >= 15 is 0 Å². The Morgan fingerprint density at radius 1 is 0.265 bits per heavy atom. The van der Waals surface area contributed by atoms with Crippen LogP contribution in [0.5, 0.6) is 57.5 Å². The van der Waals surface area contributed by atoms with Crippen LogP contribution in [0.4, 0.5) is 0 Å². The van der Waals surface area contributed by atoms with Crippen LogP contribution in [0.1, 0.15) is 79.0 Å². The Bertz CT molecular complexity index is 4550. The fraction of sp³-hybridized carbons (Fsp3) is 0.163. The number of rotatable bonds is 27. The van der Waals surface area contributed by atoms with Gasteiger partial charge in [0, 0.05) is 36.1 Å². The molecule has 0 radical (unpaired) electrons. The summed E-state index contributed by atoms with van der Waals surface area (Å²) < 4.78 is 72.2. The number of hydrogen-bond acceptors (Lipinski definition) is 12.